The molecule has 2 nitrogen and oxygen atoms in total. The Bertz CT molecular complexity index is 405. The first kappa shape index (κ1) is 16.9. The maximum Gasteiger partial charge on any atom is 0.0783 e. The predicted molar refractivity (Wildman–Crippen MR) is 90.7 cm³/mol. The highest BCUT2D eigenvalue weighted by Crippen LogP contribution is 2.15. The zero-order chi connectivity index (χ0) is 14.8. The van der Waals surface area contributed by atoms with Crippen molar-refractivity contribution >= 4 is 14.2 Å². The molecule has 0 aliphatic rings. The molecule has 0 radical (unpaired) electrons. The second-order valence-electron chi connectivity index (χ2n) is 5.09. The number of ether oxygens (including phenoxy) is 1. The van der Waals surface area contributed by atoms with Gasteiger partial charge in [-0.2, -0.15) is 0 Å². The van der Waals surface area contributed by atoms with Crippen molar-refractivity contribution in [2.24, 2.45) is 0 Å². The highest BCUT2D eigenvalue weighted by atomic mass is 31.0. The van der Waals surface area contributed by atoms with Crippen molar-refractivity contribution in [3.05, 3.63) is 48.7 Å². The van der Waals surface area contributed by atoms with Crippen molar-refractivity contribution in [1.29, 1.82) is 0 Å². The SMILES string of the molecule is C=CNC(CC(C)=P)C(CCC)OCc1ccccc1. The lowest BCUT2D eigenvalue weighted by Crippen LogP contribution is -2.39. The minimum atomic E-state index is 0.185. The second-order valence-corrected chi connectivity index (χ2v) is 5.94. The Morgan fingerprint density at radius 3 is 2.65 bits per heavy atom. The smallest absolute Gasteiger partial charge is 0.0783 e. The van der Waals surface area contributed by atoms with E-state index in [0.717, 1.165) is 19.3 Å². The minimum absolute atomic E-state index is 0.185. The van der Waals surface area contributed by atoms with Gasteiger partial charge in [-0.25, -0.2) is 0 Å². The van der Waals surface area contributed by atoms with E-state index in [1.54, 1.807) is 6.20 Å². The molecule has 0 spiro atoms. The van der Waals surface area contributed by atoms with Crippen LogP contribution >= 0.6 is 8.86 Å². The minimum Gasteiger partial charge on any atom is -0.386 e. The van der Waals surface area contributed by atoms with Crippen molar-refractivity contribution in [2.45, 2.75) is 51.9 Å². The Labute approximate surface area is 125 Å². The third-order valence-corrected chi connectivity index (χ3v) is 3.39. The van der Waals surface area contributed by atoms with Crippen LogP contribution in [0.2, 0.25) is 0 Å². The maximum absolute atomic E-state index is 6.14. The van der Waals surface area contributed by atoms with Crippen molar-refractivity contribution in [3.63, 3.8) is 0 Å². The third kappa shape index (κ3) is 6.36. The zero-order valence-electron chi connectivity index (χ0n) is 12.6. The van der Waals surface area contributed by atoms with Gasteiger partial charge in [0.2, 0.25) is 0 Å². The molecular weight excluding hydrogens is 265 g/mol. The van der Waals surface area contributed by atoms with E-state index in [0.29, 0.717) is 6.61 Å². The molecule has 0 fully saturated rings. The molecule has 0 saturated heterocycles. The van der Waals surface area contributed by atoms with Crippen molar-refractivity contribution in [1.82, 2.24) is 5.32 Å². The summed E-state index contributed by atoms with van der Waals surface area (Å²) in [5.41, 5.74) is 1.21. The summed E-state index contributed by atoms with van der Waals surface area (Å²) in [6.45, 7) is 8.70. The normalized spacial score (nSPS) is 13.5. The lowest BCUT2D eigenvalue weighted by atomic mass is 10.0. The molecule has 20 heavy (non-hydrogen) atoms. The molecule has 0 heterocycles. The maximum atomic E-state index is 6.14. The molecular formula is C17H26NOP. The Morgan fingerprint density at radius 2 is 2.10 bits per heavy atom. The molecule has 0 saturated carbocycles. The van der Waals surface area contributed by atoms with Crippen LogP contribution in [-0.4, -0.2) is 17.4 Å². The first-order valence-corrected chi connectivity index (χ1v) is 7.73. The fraction of sp³-hybridized carbons (Fsp3) is 0.471. The van der Waals surface area contributed by atoms with Gasteiger partial charge in [-0.1, -0.05) is 55.5 Å². The van der Waals surface area contributed by atoms with Crippen LogP contribution in [0.1, 0.15) is 38.7 Å². The predicted octanol–water partition coefficient (Wildman–Crippen LogP) is 4.20. The molecule has 1 aromatic carbocycles. The van der Waals surface area contributed by atoms with Crippen LogP contribution in [-0.2, 0) is 11.3 Å². The molecule has 1 N–H and O–H groups in total. The van der Waals surface area contributed by atoms with Crippen molar-refractivity contribution < 1.29 is 4.74 Å². The Balaban J connectivity index is 2.64. The Morgan fingerprint density at radius 1 is 1.40 bits per heavy atom. The Kier molecular flexibility index (Phi) is 8.25. The van der Waals surface area contributed by atoms with Gasteiger partial charge in [0.1, 0.15) is 0 Å². The van der Waals surface area contributed by atoms with E-state index < -0.39 is 0 Å². The molecule has 0 aliphatic carbocycles. The van der Waals surface area contributed by atoms with Crippen molar-refractivity contribution in [2.75, 3.05) is 0 Å². The first-order chi connectivity index (χ1) is 9.67. The number of hydrogen-bond acceptors (Lipinski definition) is 2. The van der Waals surface area contributed by atoms with Gasteiger partial charge in [0.05, 0.1) is 18.8 Å². The van der Waals surface area contributed by atoms with Gasteiger partial charge in [0.15, 0.2) is 0 Å². The van der Waals surface area contributed by atoms with E-state index in [9.17, 15) is 0 Å². The van der Waals surface area contributed by atoms with Gasteiger partial charge in [-0.3, -0.25) is 0 Å². The van der Waals surface area contributed by atoms with Crippen LogP contribution in [0.25, 0.3) is 0 Å². The molecule has 2 atom stereocenters. The molecule has 0 bridgehead atoms. The molecule has 0 aliphatic heterocycles. The van der Waals surface area contributed by atoms with Gasteiger partial charge in [0.25, 0.3) is 0 Å². The van der Waals surface area contributed by atoms with E-state index in [1.807, 2.05) is 18.2 Å². The highest BCUT2D eigenvalue weighted by Gasteiger charge is 2.20. The monoisotopic (exact) mass is 291 g/mol. The molecule has 1 rings (SSSR count). The summed E-state index contributed by atoms with van der Waals surface area (Å²) < 4.78 is 6.14. The fourth-order valence-electron chi connectivity index (χ4n) is 2.24. The lowest BCUT2D eigenvalue weighted by molar-refractivity contribution is 0.0134. The number of rotatable bonds is 10. The van der Waals surface area contributed by atoms with Crippen molar-refractivity contribution in [3.8, 4) is 0 Å². The lowest BCUT2D eigenvalue weighted by Gasteiger charge is -2.27. The van der Waals surface area contributed by atoms with Crippen LogP contribution in [0.4, 0.5) is 0 Å². The van der Waals surface area contributed by atoms with E-state index in [1.165, 1.54) is 10.9 Å². The number of benzene rings is 1. The topological polar surface area (TPSA) is 21.3 Å². The first-order valence-electron chi connectivity index (χ1n) is 7.23. The van der Waals surface area contributed by atoms with Gasteiger partial charge in [-0.05, 0) is 31.5 Å². The number of nitrogens with one attached hydrogen (secondary N) is 1. The number of hydrogen-bond donors (Lipinski definition) is 1. The molecule has 2 unspecified atom stereocenters. The molecule has 3 heteroatoms. The van der Waals surface area contributed by atoms with Crippen LogP contribution in [0.15, 0.2) is 43.1 Å². The van der Waals surface area contributed by atoms with Gasteiger partial charge in [0, 0.05) is 0 Å². The van der Waals surface area contributed by atoms with E-state index >= 15 is 0 Å². The summed E-state index contributed by atoms with van der Waals surface area (Å²) in [5, 5.41) is 4.54. The van der Waals surface area contributed by atoms with E-state index in [4.69, 9.17) is 4.74 Å². The molecule has 0 amide bonds. The Hall–Kier alpha value is -1.11. The zero-order valence-corrected chi connectivity index (χ0v) is 13.6. The standard InChI is InChI=1S/C17H26NOP/c1-4-9-17(16(18-5-2)12-14(3)20)19-13-15-10-7-6-8-11-15/h5-8,10-11,16-18,20H,2,4,9,12-13H2,1,3H3. The van der Waals surface area contributed by atoms with E-state index in [2.05, 4.69) is 46.7 Å². The summed E-state index contributed by atoms with van der Waals surface area (Å²) in [4.78, 5) is 0. The van der Waals surface area contributed by atoms with Crippen LogP contribution in [0.3, 0.4) is 0 Å². The summed E-state index contributed by atoms with van der Waals surface area (Å²) in [6.07, 6.45) is 5.02. The summed E-state index contributed by atoms with van der Waals surface area (Å²) in [6, 6.07) is 10.6. The van der Waals surface area contributed by atoms with Gasteiger partial charge < -0.3 is 10.1 Å². The van der Waals surface area contributed by atoms with Crippen LogP contribution in [0, 0.1) is 0 Å². The molecule has 0 aromatic heterocycles. The van der Waals surface area contributed by atoms with E-state index in [-0.39, 0.29) is 12.1 Å². The third-order valence-electron chi connectivity index (χ3n) is 3.19. The van der Waals surface area contributed by atoms with Crippen LogP contribution < -0.4 is 5.32 Å². The summed E-state index contributed by atoms with van der Waals surface area (Å²) >= 11 is 0. The van der Waals surface area contributed by atoms with Crippen LogP contribution in [0.5, 0.6) is 0 Å². The highest BCUT2D eigenvalue weighted by molar-refractivity contribution is 7.20. The summed E-state index contributed by atoms with van der Waals surface area (Å²) in [5.74, 6) is 0. The average Bonchev–Trinajstić information content (AvgIpc) is 2.43. The molecule has 1 aromatic rings. The fourth-order valence-corrected chi connectivity index (χ4v) is 2.46. The average molecular weight is 291 g/mol. The second kappa shape index (κ2) is 9.74. The largest absolute Gasteiger partial charge is 0.386 e. The summed E-state index contributed by atoms with van der Waals surface area (Å²) in [7, 11) is 3.60. The quantitative estimate of drug-likeness (QED) is 0.652. The van der Waals surface area contributed by atoms with Gasteiger partial charge in [-0.15, -0.1) is 8.86 Å². The van der Waals surface area contributed by atoms with Gasteiger partial charge >= 0.3 is 0 Å². The molecule has 110 valence electrons.